The summed E-state index contributed by atoms with van der Waals surface area (Å²) in [6, 6.07) is 12.1. The lowest BCUT2D eigenvalue weighted by Crippen LogP contribution is -2.19. The second-order valence-corrected chi connectivity index (χ2v) is 6.65. The highest BCUT2D eigenvalue weighted by Crippen LogP contribution is 2.29. The number of nitro benzene ring substituents is 1. The van der Waals surface area contributed by atoms with Gasteiger partial charge in [-0.3, -0.25) is 14.9 Å². The molecule has 3 rings (SSSR count). The highest BCUT2D eigenvalue weighted by Gasteiger charge is 2.24. The van der Waals surface area contributed by atoms with Crippen molar-refractivity contribution in [3.8, 4) is 0 Å². The van der Waals surface area contributed by atoms with Crippen LogP contribution in [0.1, 0.15) is 16.7 Å². The number of nitrogens with one attached hydrogen (secondary N) is 1. The molecule has 1 saturated heterocycles. The van der Waals surface area contributed by atoms with Crippen LogP contribution in [0.15, 0.2) is 52.4 Å². The molecule has 0 atom stereocenters. The van der Waals surface area contributed by atoms with Crippen molar-refractivity contribution in [3.63, 3.8) is 0 Å². The molecule has 1 aliphatic heterocycles. The molecule has 0 aromatic heterocycles. The minimum Gasteiger partial charge on any atom is -0.300 e. The third kappa shape index (κ3) is 3.95. The molecule has 7 heteroatoms. The van der Waals surface area contributed by atoms with Crippen LogP contribution in [0, 0.1) is 24.0 Å². The molecule has 1 N–H and O–H groups in total. The molecule has 6 nitrogen and oxygen atoms in total. The zero-order chi connectivity index (χ0) is 18.0. The van der Waals surface area contributed by atoms with Gasteiger partial charge in [-0.15, -0.1) is 0 Å². The fourth-order valence-corrected chi connectivity index (χ4v) is 3.24. The fourth-order valence-electron chi connectivity index (χ4n) is 2.40. The molecule has 2 aromatic carbocycles. The van der Waals surface area contributed by atoms with Crippen molar-refractivity contribution in [2.75, 3.05) is 0 Å². The summed E-state index contributed by atoms with van der Waals surface area (Å²) in [5.41, 5.74) is 3.56. The zero-order valence-electron chi connectivity index (χ0n) is 13.6. The standard InChI is InChI=1S/C18H15N3O3S/c1-11-6-7-15(12(2)8-11)19-18-20-17(22)16(25-18)10-13-4-3-5-14(9-13)21(23)24/h3-10H,1-2H3,(H,19,20,22)/b16-10+. The summed E-state index contributed by atoms with van der Waals surface area (Å²) >= 11 is 1.22. The van der Waals surface area contributed by atoms with E-state index in [0.29, 0.717) is 15.6 Å². The number of benzene rings is 2. The van der Waals surface area contributed by atoms with Crippen LogP contribution in [-0.2, 0) is 4.79 Å². The van der Waals surface area contributed by atoms with Gasteiger partial charge in [0.05, 0.1) is 15.5 Å². The van der Waals surface area contributed by atoms with E-state index in [1.54, 1.807) is 18.2 Å². The van der Waals surface area contributed by atoms with Crippen molar-refractivity contribution < 1.29 is 9.72 Å². The summed E-state index contributed by atoms with van der Waals surface area (Å²) in [5, 5.41) is 14.1. The number of nitro groups is 1. The third-order valence-corrected chi connectivity index (χ3v) is 4.51. The summed E-state index contributed by atoms with van der Waals surface area (Å²) < 4.78 is 0. The lowest BCUT2D eigenvalue weighted by molar-refractivity contribution is -0.384. The number of hydrogen-bond acceptors (Lipinski definition) is 5. The second kappa shape index (κ2) is 6.90. The van der Waals surface area contributed by atoms with Crippen LogP contribution in [-0.4, -0.2) is 16.0 Å². The molecule has 0 spiro atoms. The molecular weight excluding hydrogens is 338 g/mol. The minimum absolute atomic E-state index is 0.0121. The Kier molecular flexibility index (Phi) is 4.67. The fraction of sp³-hybridized carbons (Fsp3) is 0.111. The number of amides is 1. The quantitative estimate of drug-likeness (QED) is 0.511. The molecule has 0 aliphatic carbocycles. The zero-order valence-corrected chi connectivity index (χ0v) is 14.5. The van der Waals surface area contributed by atoms with E-state index in [2.05, 4.69) is 10.3 Å². The average Bonchev–Trinajstić information content (AvgIpc) is 2.90. The Morgan fingerprint density at radius 3 is 2.72 bits per heavy atom. The van der Waals surface area contributed by atoms with E-state index in [9.17, 15) is 14.9 Å². The predicted octanol–water partition coefficient (Wildman–Crippen LogP) is 4.10. The summed E-state index contributed by atoms with van der Waals surface area (Å²) in [5.74, 6) is -0.264. The van der Waals surface area contributed by atoms with Gasteiger partial charge in [0.15, 0.2) is 5.17 Å². The number of aliphatic imine (C=N–C) groups is 1. The Bertz CT molecular complexity index is 935. The summed E-state index contributed by atoms with van der Waals surface area (Å²) in [6.07, 6.45) is 1.62. The van der Waals surface area contributed by atoms with Crippen molar-refractivity contribution in [2.24, 2.45) is 4.99 Å². The van der Waals surface area contributed by atoms with Gasteiger partial charge in [0.1, 0.15) is 0 Å². The molecule has 0 unspecified atom stereocenters. The van der Waals surface area contributed by atoms with Crippen LogP contribution >= 0.6 is 11.8 Å². The molecule has 0 radical (unpaired) electrons. The van der Waals surface area contributed by atoms with Crippen LogP contribution in [0.3, 0.4) is 0 Å². The SMILES string of the molecule is Cc1ccc(N=C2NC(=O)/C(=C\c3cccc([N+](=O)[O-])c3)S2)c(C)c1. The number of carbonyl (C=O) groups is 1. The monoisotopic (exact) mass is 353 g/mol. The molecule has 1 amide bonds. The summed E-state index contributed by atoms with van der Waals surface area (Å²) in [4.78, 5) is 27.4. The topological polar surface area (TPSA) is 84.6 Å². The first kappa shape index (κ1) is 16.9. The Balaban J connectivity index is 1.86. The molecule has 1 heterocycles. The van der Waals surface area contributed by atoms with Crippen molar-refractivity contribution in [1.29, 1.82) is 0 Å². The number of non-ortho nitro benzene ring substituents is 1. The molecule has 25 heavy (non-hydrogen) atoms. The van der Waals surface area contributed by atoms with E-state index in [1.807, 2.05) is 32.0 Å². The van der Waals surface area contributed by atoms with Crippen molar-refractivity contribution in [1.82, 2.24) is 5.32 Å². The van der Waals surface area contributed by atoms with Gasteiger partial charge < -0.3 is 5.32 Å². The van der Waals surface area contributed by atoms with Gasteiger partial charge in [0.2, 0.25) is 0 Å². The van der Waals surface area contributed by atoms with Gasteiger partial charge in [-0.1, -0.05) is 29.8 Å². The first-order valence-corrected chi connectivity index (χ1v) is 8.35. The van der Waals surface area contributed by atoms with Gasteiger partial charge in [0, 0.05) is 12.1 Å². The number of thioether (sulfide) groups is 1. The van der Waals surface area contributed by atoms with E-state index in [4.69, 9.17) is 0 Å². The minimum atomic E-state index is -0.461. The Labute approximate surface area is 148 Å². The highest BCUT2D eigenvalue weighted by molar-refractivity contribution is 8.18. The maximum Gasteiger partial charge on any atom is 0.270 e. The predicted molar refractivity (Wildman–Crippen MR) is 99.8 cm³/mol. The number of rotatable bonds is 3. The number of nitrogens with zero attached hydrogens (tertiary/aromatic N) is 2. The largest absolute Gasteiger partial charge is 0.300 e. The van der Waals surface area contributed by atoms with Gasteiger partial charge >= 0.3 is 0 Å². The van der Waals surface area contributed by atoms with Crippen molar-refractivity contribution >= 4 is 40.3 Å². The van der Waals surface area contributed by atoms with Crippen LogP contribution in [0.2, 0.25) is 0 Å². The Morgan fingerprint density at radius 1 is 1.20 bits per heavy atom. The van der Waals surface area contributed by atoms with Gasteiger partial charge in [-0.25, -0.2) is 4.99 Å². The van der Waals surface area contributed by atoms with Gasteiger partial charge in [-0.2, -0.15) is 0 Å². The van der Waals surface area contributed by atoms with Crippen molar-refractivity contribution in [2.45, 2.75) is 13.8 Å². The maximum absolute atomic E-state index is 12.1. The van der Waals surface area contributed by atoms with Gasteiger partial charge in [-0.05, 0) is 48.9 Å². The van der Waals surface area contributed by atoms with E-state index in [1.165, 1.54) is 23.9 Å². The lowest BCUT2D eigenvalue weighted by atomic mass is 10.1. The first-order chi connectivity index (χ1) is 11.9. The van der Waals surface area contributed by atoms with E-state index in [-0.39, 0.29) is 11.6 Å². The van der Waals surface area contributed by atoms with Crippen LogP contribution in [0.4, 0.5) is 11.4 Å². The molecule has 1 aliphatic rings. The highest BCUT2D eigenvalue weighted by atomic mass is 32.2. The van der Waals surface area contributed by atoms with Gasteiger partial charge in [0.25, 0.3) is 11.6 Å². The molecule has 126 valence electrons. The Morgan fingerprint density at radius 2 is 2.00 bits per heavy atom. The number of hydrogen-bond donors (Lipinski definition) is 1. The van der Waals surface area contributed by atoms with E-state index in [0.717, 1.165) is 16.8 Å². The molecular formula is C18H15N3O3S. The lowest BCUT2D eigenvalue weighted by Gasteiger charge is -2.02. The number of amidine groups is 1. The molecule has 1 fully saturated rings. The number of carbonyl (C=O) groups excluding carboxylic acids is 1. The molecule has 2 aromatic rings. The molecule has 0 bridgehead atoms. The van der Waals surface area contributed by atoms with E-state index >= 15 is 0 Å². The summed E-state index contributed by atoms with van der Waals surface area (Å²) in [6.45, 7) is 3.98. The van der Waals surface area contributed by atoms with E-state index < -0.39 is 4.92 Å². The normalized spacial score (nSPS) is 17.1. The Hall–Kier alpha value is -2.93. The number of aryl methyl sites for hydroxylation is 2. The van der Waals surface area contributed by atoms with Crippen LogP contribution in [0.5, 0.6) is 0 Å². The first-order valence-electron chi connectivity index (χ1n) is 7.54. The summed E-state index contributed by atoms with van der Waals surface area (Å²) in [7, 11) is 0. The third-order valence-electron chi connectivity index (χ3n) is 3.60. The average molecular weight is 353 g/mol. The molecule has 0 saturated carbocycles. The van der Waals surface area contributed by atoms with Crippen molar-refractivity contribution in [3.05, 3.63) is 74.2 Å². The smallest absolute Gasteiger partial charge is 0.270 e. The van der Waals surface area contributed by atoms with Crippen LogP contribution in [0.25, 0.3) is 6.08 Å². The maximum atomic E-state index is 12.1. The van der Waals surface area contributed by atoms with Crippen LogP contribution < -0.4 is 5.32 Å². The second-order valence-electron chi connectivity index (χ2n) is 5.62.